The second-order valence-electron chi connectivity index (χ2n) is 8.29. The molecule has 0 atom stereocenters. The molecule has 0 aliphatic carbocycles. The molecule has 1 fully saturated rings. The first-order chi connectivity index (χ1) is 17.9. The topological polar surface area (TPSA) is 136 Å². The van der Waals surface area contributed by atoms with Crippen LogP contribution < -0.4 is 21.5 Å². The summed E-state index contributed by atoms with van der Waals surface area (Å²) in [6, 6.07) is 12.3. The van der Waals surface area contributed by atoms with Crippen LogP contribution in [0.4, 0.5) is 17.3 Å². The zero-order valence-corrected chi connectivity index (χ0v) is 20.8. The van der Waals surface area contributed by atoms with Gasteiger partial charge in [0.05, 0.1) is 15.7 Å². The highest BCUT2D eigenvalue weighted by Gasteiger charge is 2.21. The van der Waals surface area contributed by atoms with Crippen molar-refractivity contribution in [3.8, 4) is 5.69 Å². The molecule has 1 saturated heterocycles. The van der Waals surface area contributed by atoms with E-state index in [0.29, 0.717) is 31.9 Å². The smallest absolute Gasteiger partial charge is 0.334 e. The molecule has 11 nitrogen and oxygen atoms in total. The summed E-state index contributed by atoms with van der Waals surface area (Å²) in [6.45, 7) is 1.95. The Morgan fingerprint density at radius 3 is 2.35 bits per heavy atom. The number of H-pyrrole nitrogens is 1. The molecular weight excluding hydrogens is 521 g/mol. The number of aliphatic hydroxyl groups is 1. The molecule has 0 spiro atoms. The van der Waals surface area contributed by atoms with E-state index in [9.17, 15) is 14.4 Å². The number of para-hydroxylation sites is 1. The molecule has 13 heteroatoms. The number of benzene rings is 2. The lowest BCUT2D eigenvalue weighted by Gasteiger charge is -2.35. The van der Waals surface area contributed by atoms with Crippen molar-refractivity contribution in [3.05, 3.63) is 79.5 Å². The Balaban J connectivity index is 1.35. The second kappa shape index (κ2) is 10.2. The fraction of sp³-hybridized carbons (Fsp3) is 0.208. The third-order valence-electron chi connectivity index (χ3n) is 6.07. The molecular formula is C24H21Cl2N7O4. The van der Waals surface area contributed by atoms with Crippen molar-refractivity contribution in [2.45, 2.75) is 0 Å². The zero-order chi connectivity index (χ0) is 26.1. The van der Waals surface area contributed by atoms with Gasteiger partial charge in [-0.05, 0) is 36.4 Å². The number of rotatable bonds is 5. The van der Waals surface area contributed by atoms with E-state index in [2.05, 4.69) is 25.2 Å². The van der Waals surface area contributed by atoms with Crippen molar-refractivity contribution in [2.75, 3.05) is 43.0 Å². The SMILES string of the molecule is O=C(CO)N1CCN(c2ccc(Nc3ncc4c(=O)n(-c5c(Cl)cccc5Cl)c(=O)[nH]c4n3)cc2)CC1. The van der Waals surface area contributed by atoms with Crippen LogP contribution >= 0.6 is 23.2 Å². The fourth-order valence-corrected chi connectivity index (χ4v) is 4.73. The molecule has 2 aromatic carbocycles. The third kappa shape index (κ3) is 4.88. The predicted octanol–water partition coefficient (Wildman–Crippen LogP) is 2.16. The molecule has 0 unspecified atom stereocenters. The van der Waals surface area contributed by atoms with Gasteiger partial charge in [0, 0.05) is 43.8 Å². The summed E-state index contributed by atoms with van der Waals surface area (Å²) in [5, 5.41) is 12.5. The van der Waals surface area contributed by atoms with Gasteiger partial charge in [-0.15, -0.1) is 0 Å². The molecule has 0 bridgehead atoms. The van der Waals surface area contributed by atoms with Crippen LogP contribution in [0.2, 0.25) is 10.0 Å². The van der Waals surface area contributed by atoms with E-state index in [1.165, 1.54) is 18.3 Å². The quantitative estimate of drug-likeness (QED) is 0.349. The van der Waals surface area contributed by atoms with Crippen molar-refractivity contribution >= 4 is 57.5 Å². The first-order valence-corrected chi connectivity index (χ1v) is 12.1. The Kier molecular flexibility index (Phi) is 6.83. The molecule has 1 aliphatic heterocycles. The number of hydrogen-bond acceptors (Lipinski definition) is 8. The maximum absolute atomic E-state index is 13.1. The lowest BCUT2D eigenvalue weighted by atomic mass is 10.2. The number of nitrogens with zero attached hydrogens (tertiary/aromatic N) is 5. The number of aliphatic hydroxyl groups excluding tert-OH is 1. The van der Waals surface area contributed by atoms with Gasteiger partial charge in [0.1, 0.15) is 12.0 Å². The van der Waals surface area contributed by atoms with E-state index in [0.717, 1.165) is 10.3 Å². The Morgan fingerprint density at radius 1 is 1.03 bits per heavy atom. The van der Waals surface area contributed by atoms with Crippen molar-refractivity contribution in [3.63, 3.8) is 0 Å². The van der Waals surface area contributed by atoms with E-state index in [-0.39, 0.29) is 38.6 Å². The molecule has 5 rings (SSSR count). The summed E-state index contributed by atoms with van der Waals surface area (Å²) in [4.78, 5) is 52.4. The van der Waals surface area contributed by atoms with Gasteiger partial charge in [-0.1, -0.05) is 29.3 Å². The van der Waals surface area contributed by atoms with Crippen LogP contribution in [-0.2, 0) is 4.79 Å². The van der Waals surface area contributed by atoms with E-state index < -0.39 is 17.9 Å². The number of aromatic amines is 1. The Bertz CT molecular complexity index is 1580. The Hall–Kier alpha value is -3.93. The van der Waals surface area contributed by atoms with Crippen LogP contribution in [0.15, 0.2) is 58.3 Å². The molecule has 3 heterocycles. The van der Waals surface area contributed by atoms with Crippen LogP contribution in [0.25, 0.3) is 16.7 Å². The fourth-order valence-electron chi connectivity index (χ4n) is 4.17. The highest BCUT2D eigenvalue weighted by atomic mass is 35.5. The third-order valence-corrected chi connectivity index (χ3v) is 6.68. The summed E-state index contributed by atoms with van der Waals surface area (Å²) in [6.07, 6.45) is 1.33. The first-order valence-electron chi connectivity index (χ1n) is 11.3. The minimum Gasteiger partial charge on any atom is -0.387 e. The monoisotopic (exact) mass is 541 g/mol. The van der Waals surface area contributed by atoms with E-state index >= 15 is 0 Å². The minimum atomic E-state index is -0.734. The predicted molar refractivity (Wildman–Crippen MR) is 141 cm³/mol. The van der Waals surface area contributed by atoms with Crippen LogP contribution in [0.5, 0.6) is 0 Å². The molecule has 0 radical (unpaired) electrons. The summed E-state index contributed by atoms with van der Waals surface area (Å²) >= 11 is 12.4. The maximum Gasteiger partial charge on any atom is 0.334 e. The summed E-state index contributed by atoms with van der Waals surface area (Å²) in [7, 11) is 0. The Labute approximate surface area is 219 Å². The number of fused-ring (bicyclic) bond motifs is 1. The van der Waals surface area contributed by atoms with Gasteiger partial charge in [0.2, 0.25) is 11.9 Å². The number of piperazine rings is 1. The number of carbonyl (C=O) groups is 1. The number of hydrogen-bond donors (Lipinski definition) is 3. The van der Waals surface area contributed by atoms with Crippen molar-refractivity contribution in [1.82, 2.24) is 24.4 Å². The molecule has 37 heavy (non-hydrogen) atoms. The lowest BCUT2D eigenvalue weighted by Crippen LogP contribution is -2.49. The molecule has 2 aromatic heterocycles. The largest absolute Gasteiger partial charge is 0.387 e. The van der Waals surface area contributed by atoms with E-state index in [1.807, 2.05) is 24.3 Å². The highest BCUT2D eigenvalue weighted by molar-refractivity contribution is 6.37. The first kappa shape index (κ1) is 24.8. The van der Waals surface area contributed by atoms with Crippen molar-refractivity contribution in [2.24, 2.45) is 0 Å². The normalized spacial score (nSPS) is 13.7. The summed E-state index contributed by atoms with van der Waals surface area (Å²) in [5.41, 5.74) is 0.467. The van der Waals surface area contributed by atoms with E-state index in [1.54, 1.807) is 11.0 Å². The van der Waals surface area contributed by atoms with Crippen LogP contribution in [0.3, 0.4) is 0 Å². The lowest BCUT2D eigenvalue weighted by molar-refractivity contribution is -0.134. The van der Waals surface area contributed by atoms with Gasteiger partial charge in [0.25, 0.3) is 5.56 Å². The number of carbonyl (C=O) groups excluding carboxylic acids is 1. The van der Waals surface area contributed by atoms with Gasteiger partial charge in [-0.25, -0.2) is 14.3 Å². The number of aromatic nitrogens is 4. The highest BCUT2D eigenvalue weighted by Crippen LogP contribution is 2.26. The van der Waals surface area contributed by atoms with Crippen LogP contribution in [0.1, 0.15) is 0 Å². The van der Waals surface area contributed by atoms with E-state index in [4.69, 9.17) is 28.3 Å². The summed E-state index contributed by atoms with van der Waals surface area (Å²) in [5.74, 6) is -0.0672. The maximum atomic E-state index is 13.1. The van der Waals surface area contributed by atoms with Crippen molar-refractivity contribution < 1.29 is 9.90 Å². The molecule has 3 N–H and O–H groups in total. The molecule has 0 saturated carbocycles. The standard InChI is InChI=1S/C24H21Cl2N7O4/c25-17-2-1-3-18(26)20(17)33-22(36)16-12-27-23(29-21(16)30-24(33)37)28-14-4-6-15(7-5-14)31-8-10-32(11-9-31)19(35)13-34/h1-7,12,34H,8-11,13H2,(H2,27,28,29,30,37). The van der Waals surface area contributed by atoms with Gasteiger partial charge >= 0.3 is 5.69 Å². The number of amides is 1. The Morgan fingerprint density at radius 2 is 1.70 bits per heavy atom. The second-order valence-corrected chi connectivity index (χ2v) is 9.11. The summed E-state index contributed by atoms with van der Waals surface area (Å²) < 4.78 is 0.863. The number of anilines is 3. The van der Waals surface area contributed by atoms with Gasteiger partial charge in [-0.3, -0.25) is 14.6 Å². The van der Waals surface area contributed by atoms with Crippen LogP contribution in [0, 0.1) is 0 Å². The van der Waals surface area contributed by atoms with Gasteiger partial charge in [-0.2, -0.15) is 4.98 Å². The average Bonchev–Trinajstić information content (AvgIpc) is 2.90. The average molecular weight is 542 g/mol. The molecule has 190 valence electrons. The minimum absolute atomic E-state index is 0.0684. The number of halogens is 2. The molecule has 1 amide bonds. The van der Waals surface area contributed by atoms with Crippen LogP contribution in [-0.4, -0.2) is 68.2 Å². The van der Waals surface area contributed by atoms with Crippen molar-refractivity contribution in [1.29, 1.82) is 0 Å². The molecule has 1 aliphatic rings. The van der Waals surface area contributed by atoms with Gasteiger partial charge in [0.15, 0.2) is 5.65 Å². The van der Waals surface area contributed by atoms with Gasteiger partial charge < -0.3 is 20.2 Å². The zero-order valence-electron chi connectivity index (χ0n) is 19.3. The number of nitrogens with one attached hydrogen (secondary N) is 2. The molecule has 4 aromatic rings.